The zero-order chi connectivity index (χ0) is 15.5. The maximum Gasteiger partial charge on any atom is 0.255 e. The second kappa shape index (κ2) is 6.63. The van der Waals surface area contributed by atoms with Crippen LogP contribution in [0, 0.1) is 0 Å². The molecule has 1 heterocycles. The second-order valence-electron chi connectivity index (χ2n) is 5.01. The Morgan fingerprint density at radius 3 is 2.73 bits per heavy atom. The van der Waals surface area contributed by atoms with Gasteiger partial charge >= 0.3 is 0 Å². The topological polar surface area (TPSA) is 29.5 Å². The number of carbonyl (C=O) groups excluding carboxylic acids is 1. The van der Waals surface area contributed by atoms with E-state index in [0.29, 0.717) is 10.6 Å². The van der Waals surface area contributed by atoms with E-state index in [1.807, 2.05) is 41.3 Å². The maximum absolute atomic E-state index is 12.8. The minimum atomic E-state index is 0.0216. The Balaban J connectivity index is 1.84. The van der Waals surface area contributed by atoms with Crippen molar-refractivity contribution >= 4 is 29.3 Å². The summed E-state index contributed by atoms with van der Waals surface area (Å²) < 4.78 is 5.13. The highest BCUT2D eigenvalue weighted by Crippen LogP contribution is 2.39. The van der Waals surface area contributed by atoms with Crippen molar-refractivity contribution in [3.63, 3.8) is 0 Å². The first-order valence-electron chi connectivity index (χ1n) is 7.01. The normalized spacial score (nSPS) is 17.5. The van der Waals surface area contributed by atoms with E-state index in [0.717, 1.165) is 23.6 Å². The molecule has 0 aromatic heterocycles. The van der Waals surface area contributed by atoms with Gasteiger partial charge in [0.05, 0.1) is 7.11 Å². The van der Waals surface area contributed by atoms with Gasteiger partial charge < -0.3 is 9.64 Å². The van der Waals surface area contributed by atoms with Crippen LogP contribution < -0.4 is 4.74 Å². The molecule has 0 aliphatic carbocycles. The number of amides is 1. The molecule has 1 atom stereocenters. The molecule has 0 N–H and O–H groups in total. The summed E-state index contributed by atoms with van der Waals surface area (Å²) in [6.07, 6.45) is 0. The highest BCUT2D eigenvalue weighted by molar-refractivity contribution is 7.99. The van der Waals surface area contributed by atoms with Crippen LogP contribution in [0.3, 0.4) is 0 Å². The quantitative estimate of drug-likeness (QED) is 0.841. The molecule has 0 spiro atoms. The van der Waals surface area contributed by atoms with E-state index in [4.69, 9.17) is 16.3 Å². The van der Waals surface area contributed by atoms with Gasteiger partial charge in [-0.05, 0) is 42.0 Å². The molecule has 1 fully saturated rings. The number of ether oxygens (including phenoxy) is 1. The van der Waals surface area contributed by atoms with E-state index in [2.05, 4.69) is 0 Å². The Morgan fingerprint density at radius 1 is 1.27 bits per heavy atom. The minimum Gasteiger partial charge on any atom is -0.497 e. The van der Waals surface area contributed by atoms with Gasteiger partial charge in [0.1, 0.15) is 11.1 Å². The number of rotatable bonds is 3. The summed E-state index contributed by atoms with van der Waals surface area (Å²) in [6.45, 7) is 0.743. The zero-order valence-corrected chi connectivity index (χ0v) is 13.7. The molecule has 1 saturated heterocycles. The van der Waals surface area contributed by atoms with Gasteiger partial charge in [0.2, 0.25) is 0 Å². The fourth-order valence-corrected chi connectivity index (χ4v) is 3.96. The lowest BCUT2D eigenvalue weighted by molar-refractivity contribution is 0.0760. The van der Waals surface area contributed by atoms with Crippen molar-refractivity contribution in [2.45, 2.75) is 5.37 Å². The fraction of sp³-hybridized carbons (Fsp3) is 0.235. The third-order valence-corrected chi connectivity index (χ3v) is 5.12. The number of thioether (sulfide) groups is 1. The summed E-state index contributed by atoms with van der Waals surface area (Å²) in [5, 5.41) is 0.718. The Hall–Kier alpha value is -1.65. The molecule has 2 aromatic carbocycles. The van der Waals surface area contributed by atoms with Crippen molar-refractivity contribution in [2.75, 3.05) is 19.4 Å². The van der Waals surface area contributed by atoms with Crippen LogP contribution in [0.5, 0.6) is 5.75 Å². The molecule has 3 rings (SSSR count). The van der Waals surface area contributed by atoms with Gasteiger partial charge in [-0.2, -0.15) is 0 Å². The van der Waals surface area contributed by atoms with Gasteiger partial charge in [0.25, 0.3) is 5.91 Å². The Kier molecular flexibility index (Phi) is 4.60. The number of benzene rings is 2. The van der Waals surface area contributed by atoms with E-state index in [1.165, 1.54) is 0 Å². The highest BCUT2D eigenvalue weighted by Gasteiger charge is 2.31. The van der Waals surface area contributed by atoms with Gasteiger partial charge in [-0.25, -0.2) is 0 Å². The Labute approximate surface area is 139 Å². The highest BCUT2D eigenvalue weighted by atomic mass is 35.5. The summed E-state index contributed by atoms with van der Waals surface area (Å²) in [7, 11) is 1.61. The molecule has 114 valence electrons. The van der Waals surface area contributed by atoms with Crippen LogP contribution in [0.25, 0.3) is 0 Å². The summed E-state index contributed by atoms with van der Waals surface area (Å²) in [6, 6.07) is 14.9. The fourth-order valence-electron chi connectivity index (χ4n) is 2.51. The lowest BCUT2D eigenvalue weighted by atomic mass is 10.1. The number of hydrogen-bond donors (Lipinski definition) is 0. The number of nitrogens with zero attached hydrogens (tertiary/aromatic N) is 1. The van der Waals surface area contributed by atoms with Gasteiger partial charge in [0.15, 0.2) is 0 Å². The predicted molar refractivity (Wildman–Crippen MR) is 90.7 cm³/mol. The maximum atomic E-state index is 12.8. The number of halogens is 1. The molecule has 0 bridgehead atoms. The molecule has 1 aliphatic heterocycles. The standard InChI is InChI=1S/C17H16ClNO2S/c1-21-15-7-5-12(6-8-15)16(20)19-9-10-22-17(19)13-3-2-4-14(18)11-13/h2-8,11,17H,9-10H2,1H3. The van der Waals surface area contributed by atoms with Crippen LogP contribution in [-0.2, 0) is 0 Å². The first-order chi connectivity index (χ1) is 10.7. The first kappa shape index (κ1) is 15.3. The minimum absolute atomic E-state index is 0.0216. The smallest absolute Gasteiger partial charge is 0.255 e. The van der Waals surface area contributed by atoms with E-state index >= 15 is 0 Å². The molecule has 0 radical (unpaired) electrons. The Morgan fingerprint density at radius 2 is 2.05 bits per heavy atom. The molecule has 1 amide bonds. The van der Waals surface area contributed by atoms with Crippen molar-refractivity contribution in [3.8, 4) is 5.75 Å². The average Bonchev–Trinajstić information content (AvgIpc) is 3.04. The lowest BCUT2D eigenvalue weighted by Gasteiger charge is -2.24. The molecule has 22 heavy (non-hydrogen) atoms. The summed E-state index contributed by atoms with van der Waals surface area (Å²) >= 11 is 7.84. The third kappa shape index (κ3) is 3.08. The van der Waals surface area contributed by atoms with E-state index in [9.17, 15) is 4.79 Å². The largest absolute Gasteiger partial charge is 0.497 e. The van der Waals surface area contributed by atoms with Gasteiger partial charge in [-0.3, -0.25) is 4.79 Å². The van der Waals surface area contributed by atoms with Crippen LogP contribution in [-0.4, -0.2) is 30.2 Å². The molecular weight excluding hydrogens is 318 g/mol. The van der Waals surface area contributed by atoms with Crippen molar-refractivity contribution in [2.24, 2.45) is 0 Å². The van der Waals surface area contributed by atoms with Crippen molar-refractivity contribution in [1.29, 1.82) is 0 Å². The SMILES string of the molecule is COc1ccc(C(=O)N2CCSC2c2cccc(Cl)c2)cc1. The Bertz CT molecular complexity index is 675. The first-order valence-corrected chi connectivity index (χ1v) is 8.44. The van der Waals surface area contributed by atoms with Crippen LogP contribution >= 0.6 is 23.4 Å². The number of carbonyl (C=O) groups is 1. The van der Waals surface area contributed by atoms with Gasteiger partial charge in [-0.15, -0.1) is 11.8 Å². The molecule has 1 aliphatic rings. The van der Waals surface area contributed by atoms with Crippen LogP contribution in [0.1, 0.15) is 21.3 Å². The van der Waals surface area contributed by atoms with Crippen LogP contribution in [0.15, 0.2) is 48.5 Å². The molecule has 3 nitrogen and oxygen atoms in total. The van der Waals surface area contributed by atoms with E-state index in [1.54, 1.807) is 31.0 Å². The van der Waals surface area contributed by atoms with Crippen LogP contribution in [0.4, 0.5) is 0 Å². The lowest BCUT2D eigenvalue weighted by Crippen LogP contribution is -2.30. The molecule has 5 heteroatoms. The number of methoxy groups -OCH3 is 1. The summed E-state index contributed by atoms with van der Waals surface area (Å²) in [5.74, 6) is 1.72. The second-order valence-corrected chi connectivity index (χ2v) is 6.63. The monoisotopic (exact) mass is 333 g/mol. The molecule has 2 aromatic rings. The summed E-state index contributed by atoms with van der Waals surface area (Å²) in [5.41, 5.74) is 1.74. The predicted octanol–water partition coefficient (Wildman–Crippen LogP) is 4.24. The van der Waals surface area contributed by atoms with Crippen LogP contribution in [0.2, 0.25) is 5.02 Å². The van der Waals surface area contributed by atoms with E-state index < -0.39 is 0 Å². The van der Waals surface area contributed by atoms with Crippen molar-refractivity contribution < 1.29 is 9.53 Å². The molecular formula is C17H16ClNO2S. The average molecular weight is 334 g/mol. The molecule has 0 saturated carbocycles. The van der Waals surface area contributed by atoms with E-state index in [-0.39, 0.29) is 11.3 Å². The van der Waals surface area contributed by atoms with Gasteiger partial charge in [-0.1, -0.05) is 23.7 Å². The number of hydrogen-bond acceptors (Lipinski definition) is 3. The summed E-state index contributed by atoms with van der Waals surface area (Å²) in [4.78, 5) is 14.7. The van der Waals surface area contributed by atoms with Crippen molar-refractivity contribution in [3.05, 3.63) is 64.7 Å². The molecule has 1 unspecified atom stereocenters. The third-order valence-electron chi connectivity index (χ3n) is 3.62. The zero-order valence-electron chi connectivity index (χ0n) is 12.2. The van der Waals surface area contributed by atoms with Gasteiger partial charge in [0, 0.05) is 22.9 Å². The van der Waals surface area contributed by atoms with Crippen molar-refractivity contribution in [1.82, 2.24) is 4.90 Å².